The molecular formula is C21H22N4O. The van der Waals surface area contributed by atoms with E-state index in [4.69, 9.17) is 0 Å². The predicted octanol–water partition coefficient (Wildman–Crippen LogP) is 4.13. The lowest BCUT2D eigenvalue weighted by Gasteiger charge is -2.24. The summed E-state index contributed by atoms with van der Waals surface area (Å²) in [6.45, 7) is 0.763. The summed E-state index contributed by atoms with van der Waals surface area (Å²) in [6, 6.07) is 19.7. The Hall–Kier alpha value is -3.08. The number of hydrogen-bond donors (Lipinski definition) is 2. The molecule has 0 fully saturated rings. The van der Waals surface area contributed by atoms with Gasteiger partial charge in [0, 0.05) is 16.9 Å². The number of amides is 2. The fourth-order valence-corrected chi connectivity index (χ4v) is 3.51. The van der Waals surface area contributed by atoms with Crippen LogP contribution in [0.1, 0.15) is 35.7 Å². The fraction of sp³-hybridized carbons (Fsp3) is 0.238. The average Bonchev–Trinajstić information content (AvgIpc) is 3.07. The van der Waals surface area contributed by atoms with Crippen molar-refractivity contribution in [2.24, 2.45) is 0 Å². The lowest BCUT2D eigenvalue weighted by Crippen LogP contribution is -2.34. The van der Waals surface area contributed by atoms with Gasteiger partial charge in [-0.2, -0.15) is 5.10 Å². The summed E-state index contributed by atoms with van der Waals surface area (Å²) in [6.07, 6.45) is 4.89. The number of anilines is 1. The molecule has 1 aliphatic rings. The van der Waals surface area contributed by atoms with E-state index >= 15 is 0 Å². The minimum Gasteiger partial charge on any atom is -0.331 e. The van der Waals surface area contributed by atoms with Crippen LogP contribution in [0.3, 0.4) is 0 Å². The summed E-state index contributed by atoms with van der Waals surface area (Å²) in [7, 11) is 0. The molecule has 0 aliphatic heterocycles. The topological polar surface area (TPSA) is 59.0 Å². The maximum absolute atomic E-state index is 12.3. The van der Waals surface area contributed by atoms with Crippen molar-refractivity contribution in [2.45, 2.75) is 31.8 Å². The third-order valence-corrected chi connectivity index (χ3v) is 4.77. The first-order chi connectivity index (χ1) is 12.8. The molecule has 0 bridgehead atoms. The highest BCUT2D eigenvalue weighted by Crippen LogP contribution is 2.30. The van der Waals surface area contributed by atoms with Crippen molar-refractivity contribution < 1.29 is 4.79 Å². The lowest BCUT2D eigenvalue weighted by molar-refractivity contribution is 0.247. The molecule has 2 amide bonds. The van der Waals surface area contributed by atoms with Gasteiger partial charge >= 0.3 is 6.03 Å². The Morgan fingerprint density at radius 2 is 1.81 bits per heavy atom. The smallest absolute Gasteiger partial charge is 0.319 e. The molecule has 0 saturated heterocycles. The Balaban J connectivity index is 1.47. The summed E-state index contributed by atoms with van der Waals surface area (Å²) in [5.74, 6) is 0. The molecule has 1 aliphatic carbocycles. The number of nitrogens with zero attached hydrogens (tertiary/aromatic N) is 2. The highest BCUT2D eigenvalue weighted by molar-refractivity contribution is 5.89. The van der Waals surface area contributed by atoms with Crippen LogP contribution in [0.25, 0.3) is 0 Å². The second-order valence-corrected chi connectivity index (χ2v) is 6.60. The van der Waals surface area contributed by atoms with Crippen LogP contribution in [0.15, 0.2) is 66.9 Å². The third kappa shape index (κ3) is 3.61. The van der Waals surface area contributed by atoms with Crippen LogP contribution >= 0.6 is 0 Å². The average molecular weight is 346 g/mol. The molecule has 0 saturated carbocycles. The van der Waals surface area contributed by atoms with Crippen LogP contribution in [0.4, 0.5) is 10.5 Å². The first-order valence-corrected chi connectivity index (χ1v) is 9.00. The van der Waals surface area contributed by atoms with Crippen molar-refractivity contribution in [1.29, 1.82) is 0 Å². The number of carbonyl (C=O) groups is 1. The van der Waals surface area contributed by atoms with Gasteiger partial charge < -0.3 is 10.6 Å². The number of benzene rings is 2. The highest BCUT2D eigenvalue weighted by Gasteiger charge is 2.25. The first kappa shape index (κ1) is 16.4. The predicted molar refractivity (Wildman–Crippen MR) is 102 cm³/mol. The van der Waals surface area contributed by atoms with Crippen LogP contribution in [-0.4, -0.2) is 15.8 Å². The van der Waals surface area contributed by atoms with E-state index in [1.165, 1.54) is 11.3 Å². The van der Waals surface area contributed by atoms with E-state index < -0.39 is 0 Å². The van der Waals surface area contributed by atoms with Crippen molar-refractivity contribution in [3.05, 3.63) is 83.7 Å². The summed E-state index contributed by atoms with van der Waals surface area (Å²) >= 11 is 0. The lowest BCUT2D eigenvalue weighted by atomic mass is 9.93. The van der Waals surface area contributed by atoms with Gasteiger partial charge in [0.2, 0.25) is 0 Å². The zero-order valence-corrected chi connectivity index (χ0v) is 14.6. The maximum Gasteiger partial charge on any atom is 0.319 e. The minimum atomic E-state index is -0.176. The molecule has 2 N–H and O–H groups in total. The zero-order valence-electron chi connectivity index (χ0n) is 14.6. The molecule has 1 heterocycles. The first-order valence-electron chi connectivity index (χ1n) is 9.00. The van der Waals surface area contributed by atoms with Crippen LogP contribution in [-0.2, 0) is 13.0 Å². The number of rotatable bonds is 4. The largest absolute Gasteiger partial charge is 0.331 e. The van der Waals surface area contributed by atoms with E-state index in [9.17, 15) is 4.79 Å². The van der Waals surface area contributed by atoms with Crippen molar-refractivity contribution in [3.8, 4) is 0 Å². The van der Waals surface area contributed by atoms with Gasteiger partial charge in [-0.1, -0.05) is 48.5 Å². The summed E-state index contributed by atoms with van der Waals surface area (Å²) < 4.78 is 2.06. The molecule has 0 spiro atoms. The standard InChI is InChI=1S/C21H22N4O/c26-21(23-17-10-5-2-6-11-17)24-19-12-7-13-20-18(19)14-22-25(20)15-16-8-3-1-4-9-16/h1-6,8-11,14,19H,7,12-13,15H2,(H2,23,24,26)/t19-/m0/s1. The van der Waals surface area contributed by atoms with Gasteiger partial charge in [0.1, 0.15) is 0 Å². The van der Waals surface area contributed by atoms with E-state index in [1.807, 2.05) is 54.7 Å². The van der Waals surface area contributed by atoms with Crippen LogP contribution in [0.5, 0.6) is 0 Å². The minimum absolute atomic E-state index is 0.00647. The normalized spacial score (nSPS) is 15.9. The van der Waals surface area contributed by atoms with Crippen LogP contribution < -0.4 is 10.6 Å². The third-order valence-electron chi connectivity index (χ3n) is 4.77. The number of hydrogen-bond acceptors (Lipinski definition) is 2. The van der Waals surface area contributed by atoms with Gasteiger partial charge in [0.25, 0.3) is 0 Å². The Morgan fingerprint density at radius 3 is 2.58 bits per heavy atom. The molecule has 2 aromatic carbocycles. The maximum atomic E-state index is 12.3. The van der Waals surface area contributed by atoms with Crippen molar-refractivity contribution in [3.63, 3.8) is 0 Å². The Labute approximate surface area is 153 Å². The molecule has 0 unspecified atom stereocenters. The zero-order chi connectivity index (χ0) is 17.8. The molecule has 1 aromatic heterocycles. The summed E-state index contributed by atoms with van der Waals surface area (Å²) in [5, 5.41) is 10.6. The SMILES string of the molecule is O=C(Nc1ccccc1)N[C@H]1CCCc2c1cnn2Cc1ccccc1. The number of carbonyl (C=O) groups excluding carboxylic acids is 1. The molecule has 132 valence electrons. The molecule has 26 heavy (non-hydrogen) atoms. The molecular weight excluding hydrogens is 324 g/mol. The quantitative estimate of drug-likeness (QED) is 0.746. The van der Waals surface area contributed by atoms with E-state index in [1.54, 1.807) is 0 Å². The Kier molecular flexibility index (Phi) is 4.69. The second kappa shape index (κ2) is 7.44. The monoisotopic (exact) mass is 346 g/mol. The second-order valence-electron chi connectivity index (χ2n) is 6.60. The van der Waals surface area contributed by atoms with Gasteiger partial charge in [-0.05, 0) is 37.0 Å². The van der Waals surface area contributed by atoms with Gasteiger partial charge in [-0.3, -0.25) is 4.68 Å². The van der Waals surface area contributed by atoms with Crippen LogP contribution in [0, 0.1) is 0 Å². The number of urea groups is 1. The molecule has 1 atom stereocenters. The fourth-order valence-electron chi connectivity index (χ4n) is 3.51. The van der Waals surface area contributed by atoms with E-state index in [-0.39, 0.29) is 12.1 Å². The van der Waals surface area contributed by atoms with Gasteiger partial charge in [0.05, 0.1) is 18.8 Å². The van der Waals surface area contributed by atoms with Crippen molar-refractivity contribution in [2.75, 3.05) is 5.32 Å². The van der Waals surface area contributed by atoms with Crippen LogP contribution in [0.2, 0.25) is 0 Å². The van der Waals surface area contributed by atoms with Gasteiger partial charge in [-0.25, -0.2) is 4.79 Å². The van der Waals surface area contributed by atoms with Gasteiger partial charge in [-0.15, -0.1) is 0 Å². The number of nitrogens with one attached hydrogen (secondary N) is 2. The van der Waals surface area contributed by atoms with E-state index in [0.29, 0.717) is 0 Å². The summed E-state index contributed by atoms with van der Waals surface area (Å²) in [5.41, 5.74) is 4.39. The Morgan fingerprint density at radius 1 is 1.08 bits per heavy atom. The summed E-state index contributed by atoms with van der Waals surface area (Å²) in [4.78, 5) is 12.3. The van der Waals surface area contributed by atoms with Crippen molar-refractivity contribution in [1.82, 2.24) is 15.1 Å². The molecule has 5 heteroatoms. The Bertz CT molecular complexity index is 874. The molecule has 4 rings (SSSR count). The molecule has 3 aromatic rings. The van der Waals surface area contributed by atoms with Gasteiger partial charge in [0.15, 0.2) is 0 Å². The molecule has 5 nitrogen and oxygen atoms in total. The van der Waals surface area contributed by atoms with Crippen molar-refractivity contribution >= 4 is 11.7 Å². The number of aromatic nitrogens is 2. The van der Waals surface area contributed by atoms with E-state index in [2.05, 4.69) is 32.5 Å². The number of fused-ring (bicyclic) bond motifs is 1. The molecule has 0 radical (unpaired) electrons. The number of para-hydroxylation sites is 1. The van der Waals surface area contributed by atoms with E-state index in [0.717, 1.165) is 37.1 Å². The highest BCUT2D eigenvalue weighted by atomic mass is 16.2.